The van der Waals surface area contributed by atoms with Crippen molar-refractivity contribution in [1.29, 1.82) is 0 Å². The predicted octanol–water partition coefficient (Wildman–Crippen LogP) is 3.54. The van der Waals surface area contributed by atoms with E-state index in [4.69, 9.17) is 9.47 Å². The zero-order chi connectivity index (χ0) is 19.7. The average molecular weight is 458 g/mol. The van der Waals surface area contributed by atoms with Gasteiger partial charge in [-0.2, -0.15) is 9.50 Å². The van der Waals surface area contributed by atoms with Gasteiger partial charge in [-0.3, -0.25) is 4.79 Å². The normalized spacial score (nSPS) is 11.9. The van der Waals surface area contributed by atoms with Crippen molar-refractivity contribution in [3.63, 3.8) is 0 Å². The zero-order valence-electron chi connectivity index (χ0n) is 15.2. The molecule has 0 fully saturated rings. The summed E-state index contributed by atoms with van der Waals surface area (Å²) in [5.74, 6) is 1.99. The van der Waals surface area contributed by atoms with Gasteiger partial charge in [0.1, 0.15) is 11.5 Å². The van der Waals surface area contributed by atoms with Crippen LogP contribution in [0.2, 0.25) is 0 Å². The molecule has 0 radical (unpaired) electrons. The van der Waals surface area contributed by atoms with Gasteiger partial charge in [-0.15, -0.1) is 5.10 Å². The lowest BCUT2D eigenvalue weighted by Crippen LogP contribution is -2.23. The Hall–Kier alpha value is -2.71. The van der Waals surface area contributed by atoms with Gasteiger partial charge in [0, 0.05) is 15.6 Å². The maximum Gasteiger partial charge on any atom is 0.291 e. The van der Waals surface area contributed by atoms with E-state index in [9.17, 15) is 4.79 Å². The van der Waals surface area contributed by atoms with Crippen LogP contribution in [-0.4, -0.2) is 28.3 Å². The number of nitrogens with zero attached hydrogens (tertiary/aromatic N) is 3. The van der Waals surface area contributed by atoms with E-state index in [0.29, 0.717) is 27.7 Å². The molecule has 4 rings (SSSR count). The minimum atomic E-state index is -0.202. The molecule has 0 amide bonds. The van der Waals surface area contributed by atoms with E-state index >= 15 is 0 Å². The molecule has 2 aromatic heterocycles. The molecule has 0 saturated heterocycles. The summed E-state index contributed by atoms with van der Waals surface area (Å²) >= 11 is 4.74. The number of aromatic nitrogens is 3. The molecule has 2 aromatic carbocycles. The Balaban J connectivity index is 1.75. The maximum absolute atomic E-state index is 12.8. The fraction of sp³-hybridized carbons (Fsp3) is 0.150. The number of hydrogen-bond donors (Lipinski definition) is 0. The quantitative estimate of drug-likeness (QED) is 0.458. The van der Waals surface area contributed by atoms with Crippen LogP contribution < -0.4 is 19.6 Å². The smallest absolute Gasteiger partial charge is 0.291 e. The van der Waals surface area contributed by atoms with Gasteiger partial charge in [-0.05, 0) is 55.5 Å². The van der Waals surface area contributed by atoms with Crippen molar-refractivity contribution < 1.29 is 9.47 Å². The molecule has 2 heterocycles. The third-order valence-corrected chi connectivity index (χ3v) is 5.54. The van der Waals surface area contributed by atoms with Gasteiger partial charge in [0.2, 0.25) is 4.96 Å². The van der Waals surface area contributed by atoms with Crippen molar-refractivity contribution in [2.75, 3.05) is 13.7 Å². The second-order valence-electron chi connectivity index (χ2n) is 5.89. The van der Waals surface area contributed by atoms with Crippen molar-refractivity contribution in [3.05, 3.63) is 67.4 Å². The molecule has 0 atom stereocenters. The van der Waals surface area contributed by atoms with E-state index in [2.05, 4.69) is 26.0 Å². The van der Waals surface area contributed by atoms with Gasteiger partial charge in [-0.25, -0.2) is 0 Å². The van der Waals surface area contributed by atoms with E-state index in [0.717, 1.165) is 21.3 Å². The summed E-state index contributed by atoms with van der Waals surface area (Å²) in [4.78, 5) is 17.8. The monoisotopic (exact) mass is 457 g/mol. The number of methoxy groups -OCH3 is 1. The Labute approximate surface area is 173 Å². The molecule has 0 saturated carbocycles. The summed E-state index contributed by atoms with van der Waals surface area (Å²) in [6.07, 6.45) is 1.80. The topological polar surface area (TPSA) is 65.7 Å². The van der Waals surface area contributed by atoms with Crippen LogP contribution in [0, 0.1) is 0 Å². The van der Waals surface area contributed by atoms with Crippen molar-refractivity contribution in [3.8, 4) is 22.9 Å². The fourth-order valence-electron chi connectivity index (χ4n) is 2.78. The first-order chi connectivity index (χ1) is 13.6. The lowest BCUT2D eigenvalue weighted by Gasteiger charge is -2.04. The van der Waals surface area contributed by atoms with Crippen LogP contribution in [0.25, 0.3) is 22.4 Å². The Kier molecular flexibility index (Phi) is 5.15. The van der Waals surface area contributed by atoms with Crippen molar-refractivity contribution >= 4 is 38.3 Å². The van der Waals surface area contributed by atoms with E-state index in [1.807, 2.05) is 49.4 Å². The van der Waals surface area contributed by atoms with Gasteiger partial charge in [0.15, 0.2) is 5.82 Å². The van der Waals surface area contributed by atoms with Crippen molar-refractivity contribution in [2.45, 2.75) is 6.92 Å². The second kappa shape index (κ2) is 7.73. The van der Waals surface area contributed by atoms with Crippen LogP contribution in [0.1, 0.15) is 12.5 Å². The summed E-state index contributed by atoms with van der Waals surface area (Å²) in [6.45, 7) is 2.55. The van der Waals surface area contributed by atoms with Crippen LogP contribution >= 0.6 is 27.3 Å². The van der Waals surface area contributed by atoms with Crippen molar-refractivity contribution in [2.24, 2.45) is 0 Å². The number of thiazole rings is 1. The zero-order valence-corrected chi connectivity index (χ0v) is 17.6. The summed E-state index contributed by atoms with van der Waals surface area (Å²) in [5, 5.41) is 4.38. The molecule has 8 heteroatoms. The summed E-state index contributed by atoms with van der Waals surface area (Å²) in [7, 11) is 1.60. The number of hydrogen-bond acceptors (Lipinski definition) is 6. The molecule has 0 aliphatic rings. The van der Waals surface area contributed by atoms with Crippen LogP contribution in [-0.2, 0) is 0 Å². The minimum absolute atomic E-state index is 0.202. The third-order valence-electron chi connectivity index (χ3n) is 4.08. The number of rotatable bonds is 5. The Bertz CT molecular complexity index is 1250. The summed E-state index contributed by atoms with van der Waals surface area (Å²) < 4.78 is 13.6. The third kappa shape index (κ3) is 3.53. The van der Waals surface area contributed by atoms with Gasteiger partial charge < -0.3 is 9.47 Å². The highest BCUT2D eigenvalue weighted by Gasteiger charge is 2.13. The minimum Gasteiger partial charge on any atom is -0.496 e. The van der Waals surface area contributed by atoms with E-state index in [1.54, 1.807) is 13.2 Å². The van der Waals surface area contributed by atoms with Crippen LogP contribution in [0.15, 0.2) is 51.7 Å². The number of halogens is 1. The molecular weight excluding hydrogens is 442 g/mol. The average Bonchev–Trinajstić information content (AvgIpc) is 3.23. The molecule has 6 nitrogen and oxygen atoms in total. The molecular formula is C20H16BrN3O3S. The van der Waals surface area contributed by atoms with Crippen LogP contribution in [0.5, 0.6) is 11.5 Å². The molecule has 142 valence electrons. The van der Waals surface area contributed by atoms with Gasteiger partial charge in [-0.1, -0.05) is 27.3 Å². The number of fused-ring (bicyclic) bond motifs is 1. The van der Waals surface area contributed by atoms with Crippen LogP contribution in [0.3, 0.4) is 0 Å². The molecule has 0 aliphatic heterocycles. The van der Waals surface area contributed by atoms with E-state index in [1.165, 1.54) is 15.9 Å². The van der Waals surface area contributed by atoms with E-state index in [-0.39, 0.29) is 5.56 Å². The van der Waals surface area contributed by atoms with Gasteiger partial charge in [0.05, 0.1) is 18.2 Å². The van der Waals surface area contributed by atoms with Crippen LogP contribution in [0.4, 0.5) is 0 Å². The first-order valence-electron chi connectivity index (χ1n) is 8.57. The SMILES string of the molecule is CCOc1ccc(-c2nc3sc(=Cc4cc(Br)ccc4OC)c(=O)n3n2)cc1. The molecule has 0 N–H and O–H groups in total. The number of ether oxygens (including phenoxy) is 2. The molecule has 28 heavy (non-hydrogen) atoms. The number of benzene rings is 2. The molecule has 4 aromatic rings. The summed E-state index contributed by atoms with van der Waals surface area (Å²) in [5.41, 5.74) is 1.44. The fourth-order valence-corrected chi connectivity index (χ4v) is 4.06. The van der Waals surface area contributed by atoms with E-state index < -0.39 is 0 Å². The Morgan fingerprint density at radius 1 is 1.21 bits per heavy atom. The lowest BCUT2D eigenvalue weighted by atomic mass is 10.2. The maximum atomic E-state index is 12.8. The Morgan fingerprint density at radius 3 is 2.68 bits per heavy atom. The Morgan fingerprint density at radius 2 is 2.00 bits per heavy atom. The highest BCUT2D eigenvalue weighted by molar-refractivity contribution is 9.10. The second-order valence-corrected chi connectivity index (χ2v) is 7.81. The largest absolute Gasteiger partial charge is 0.496 e. The highest BCUT2D eigenvalue weighted by Crippen LogP contribution is 2.24. The predicted molar refractivity (Wildman–Crippen MR) is 113 cm³/mol. The molecule has 0 aliphatic carbocycles. The molecule has 0 spiro atoms. The van der Waals surface area contributed by atoms with Crippen molar-refractivity contribution in [1.82, 2.24) is 14.6 Å². The lowest BCUT2D eigenvalue weighted by molar-refractivity contribution is 0.340. The first-order valence-corrected chi connectivity index (χ1v) is 10.2. The summed E-state index contributed by atoms with van der Waals surface area (Å²) in [6, 6.07) is 13.1. The van der Waals surface area contributed by atoms with Gasteiger partial charge >= 0.3 is 0 Å². The van der Waals surface area contributed by atoms with Gasteiger partial charge in [0.25, 0.3) is 5.56 Å². The standard InChI is InChI=1S/C20H16BrN3O3S/c1-3-27-15-7-4-12(5-8-15)18-22-20-24(23-18)19(25)17(28-20)11-13-10-14(21)6-9-16(13)26-2/h4-11H,3H2,1-2H3. The first kappa shape index (κ1) is 18.6. The molecule has 0 bridgehead atoms. The molecule has 0 unspecified atom stereocenters. The highest BCUT2D eigenvalue weighted by atomic mass is 79.9.